The second-order valence-corrected chi connectivity index (χ2v) is 7.38. The maximum Gasteiger partial charge on any atom is 0.240 e. The molecule has 0 spiro atoms. The first-order valence-corrected chi connectivity index (χ1v) is 8.28. The molecule has 0 bridgehead atoms. The normalized spacial score (nSPS) is 11.7. The van der Waals surface area contributed by atoms with Gasteiger partial charge in [-0.2, -0.15) is 0 Å². The zero-order valence-electron chi connectivity index (χ0n) is 9.55. The van der Waals surface area contributed by atoms with Crippen molar-refractivity contribution in [3.63, 3.8) is 0 Å². The van der Waals surface area contributed by atoms with Gasteiger partial charge in [0, 0.05) is 16.0 Å². The van der Waals surface area contributed by atoms with Crippen LogP contribution in [0.25, 0.3) is 0 Å². The van der Waals surface area contributed by atoms with Crippen molar-refractivity contribution in [1.29, 1.82) is 0 Å². The molecule has 0 amide bonds. The van der Waals surface area contributed by atoms with Crippen LogP contribution >= 0.6 is 27.3 Å². The number of hydrogen-bond donors (Lipinski definition) is 1. The highest BCUT2D eigenvalue weighted by atomic mass is 79.9. The molecule has 18 heavy (non-hydrogen) atoms. The molecule has 0 saturated heterocycles. The van der Waals surface area contributed by atoms with Gasteiger partial charge in [-0.05, 0) is 30.7 Å². The number of hydrogen-bond acceptors (Lipinski definition) is 4. The summed E-state index contributed by atoms with van der Waals surface area (Å²) in [5.74, 6) is 0. The predicted molar refractivity (Wildman–Crippen MR) is 75.0 cm³/mol. The smallest absolute Gasteiger partial charge is 0.240 e. The minimum Gasteiger partial charge on any atom is -0.248 e. The summed E-state index contributed by atoms with van der Waals surface area (Å²) in [5, 5.41) is 2.55. The third-order valence-corrected chi connectivity index (χ3v) is 4.84. The van der Waals surface area contributed by atoms with Gasteiger partial charge in [-0.1, -0.05) is 15.9 Å². The standard InChI is InChI=1S/C11H11BrN2O2S2/c1-8-4-9(12)6-10(5-8)18(15,16)14-7-11-13-2-3-17-11/h2-6,14H,7H2,1H3. The third-order valence-electron chi connectivity index (χ3n) is 2.22. The van der Waals surface area contributed by atoms with Gasteiger partial charge in [-0.3, -0.25) is 0 Å². The van der Waals surface area contributed by atoms with Crippen molar-refractivity contribution in [3.05, 3.63) is 44.8 Å². The van der Waals surface area contributed by atoms with Gasteiger partial charge in [0.05, 0.1) is 11.4 Å². The van der Waals surface area contributed by atoms with Crippen LogP contribution in [0.15, 0.2) is 39.1 Å². The molecule has 0 atom stereocenters. The molecule has 1 N–H and O–H groups in total. The maximum absolute atomic E-state index is 12.1. The van der Waals surface area contributed by atoms with Crippen LogP contribution in [0.5, 0.6) is 0 Å². The average Bonchev–Trinajstić information content (AvgIpc) is 2.78. The van der Waals surface area contributed by atoms with E-state index in [2.05, 4.69) is 25.6 Å². The summed E-state index contributed by atoms with van der Waals surface area (Å²) in [5.41, 5.74) is 0.888. The number of thiazole rings is 1. The van der Waals surface area contributed by atoms with Crippen molar-refractivity contribution in [2.45, 2.75) is 18.4 Å². The number of sulfonamides is 1. The molecule has 0 fully saturated rings. The highest BCUT2D eigenvalue weighted by molar-refractivity contribution is 9.10. The zero-order chi connectivity index (χ0) is 13.2. The van der Waals surface area contributed by atoms with Crippen molar-refractivity contribution < 1.29 is 8.42 Å². The van der Waals surface area contributed by atoms with Crippen LogP contribution in [-0.4, -0.2) is 13.4 Å². The Morgan fingerprint density at radius 2 is 2.17 bits per heavy atom. The van der Waals surface area contributed by atoms with E-state index in [0.717, 1.165) is 15.0 Å². The Morgan fingerprint density at radius 3 is 2.78 bits per heavy atom. The summed E-state index contributed by atoms with van der Waals surface area (Å²) in [4.78, 5) is 4.29. The minimum atomic E-state index is -3.49. The lowest BCUT2D eigenvalue weighted by Crippen LogP contribution is -2.23. The average molecular weight is 347 g/mol. The van der Waals surface area contributed by atoms with E-state index in [1.165, 1.54) is 11.3 Å². The number of aromatic nitrogens is 1. The monoisotopic (exact) mass is 346 g/mol. The van der Waals surface area contributed by atoms with Gasteiger partial charge in [0.2, 0.25) is 10.0 Å². The van der Waals surface area contributed by atoms with Crippen molar-refractivity contribution in [2.24, 2.45) is 0 Å². The van der Waals surface area contributed by atoms with Crippen LogP contribution in [0.4, 0.5) is 0 Å². The van der Waals surface area contributed by atoms with Crippen LogP contribution < -0.4 is 4.72 Å². The largest absolute Gasteiger partial charge is 0.248 e. The van der Waals surface area contributed by atoms with Gasteiger partial charge < -0.3 is 0 Å². The highest BCUT2D eigenvalue weighted by Gasteiger charge is 2.15. The summed E-state index contributed by atoms with van der Waals surface area (Å²) in [6.45, 7) is 2.07. The molecule has 0 aliphatic rings. The lowest BCUT2D eigenvalue weighted by Gasteiger charge is -2.07. The molecule has 2 aromatic rings. The molecule has 96 valence electrons. The van der Waals surface area contributed by atoms with Gasteiger partial charge in [-0.15, -0.1) is 11.3 Å². The van der Waals surface area contributed by atoms with E-state index in [-0.39, 0.29) is 11.4 Å². The van der Waals surface area contributed by atoms with E-state index in [4.69, 9.17) is 0 Å². The summed E-state index contributed by atoms with van der Waals surface area (Å²) in [6, 6.07) is 5.08. The second-order valence-electron chi connectivity index (χ2n) is 3.71. The Hall–Kier alpha value is -0.760. The fourth-order valence-corrected chi connectivity index (χ4v) is 3.96. The fourth-order valence-electron chi connectivity index (χ4n) is 1.44. The van der Waals surface area contributed by atoms with E-state index in [9.17, 15) is 8.42 Å². The molecular weight excluding hydrogens is 336 g/mol. The minimum absolute atomic E-state index is 0.214. The summed E-state index contributed by atoms with van der Waals surface area (Å²) < 4.78 is 27.4. The number of nitrogens with zero attached hydrogens (tertiary/aromatic N) is 1. The Morgan fingerprint density at radius 1 is 1.39 bits per heavy atom. The molecule has 0 aliphatic carbocycles. The van der Waals surface area contributed by atoms with Crippen molar-refractivity contribution in [1.82, 2.24) is 9.71 Å². The number of benzene rings is 1. The Kier molecular flexibility index (Phi) is 4.16. The van der Waals surface area contributed by atoms with Gasteiger partial charge in [0.1, 0.15) is 5.01 Å². The van der Waals surface area contributed by atoms with Crippen molar-refractivity contribution >= 4 is 37.3 Å². The number of aryl methyl sites for hydroxylation is 1. The van der Waals surface area contributed by atoms with E-state index in [1.807, 2.05) is 18.4 Å². The van der Waals surface area contributed by atoms with E-state index in [0.29, 0.717) is 0 Å². The molecule has 1 aromatic carbocycles. The highest BCUT2D eigenvalue weighted by Crippen LogP contribution is 2.19. The van der Waals surface area contributed by atoms with Gasteiger partial charge in [-0.25, -0.2) is 18.1 Å². The zero-order valence-corrected chi connectivity index (χ0v) is 12.8. The van der Waals surface area contributed by atoms with E-state index >= 15 is 0 Å². The molecular formula is C11H11BrN2O2S2. The van der Waals surface area contributed by atoms with Crippen LogP contribution in [0.1, 0.15) is 10.6 Å². The second kappa shape index (κ2) is 5.48. The van der Waals surface area contributed by atoms with Crippen molar-refractivity contribution in [2.75, 3.05) is 0 Å². The molecule has 2 rings (SSSR count). The first-order chi connectivity index (χ1) is 8.47. The Bertz CT molecular complexity index is 619. The van der Waals surface area contributed by atoms with Gasteiger partial charge in [0.25, 0.3) is 0 Å². The fraction of sp³-hybridized carbons (Fsp3) is 0.182. The van der Waals surface area contributed by atoms with Crippen LogP contribution in [0.3, 0.4) is 0 Å². The van der Waals surface area contributed by atoms with Gasteiger partial charge in [0.15, 0.2) is 0 Å². The number of nitrogens with one attached hydrogen (secondary N) is 1. The topological polar surface area (TPSA) is 59.1 Å². The predicted octanol–water partition coefficient (Wildman–Crippen LogP) is 2.69. The third kappa shape index (κ3) is 3.38. The molecule has 0 radical (unpaired) electrons. The quantitative estimate of drug-likeness (QED) is 0.925. The van der Waals surface area contributed by atoms with Crippen molar-refractivity contribution in [3.8, 4) is 0 Å². The molecule has 1 heterocycles. The summed E-state index contributed by atoms with van der Waals surface area (Å²) in [6.07, 6.45) is 1.65. The SMILES string of the molecule is Cc1cc(Br)cc(S(=O)(=O)NCc2nccs2)c1. The number of rotatable bonds is 4. The molecule has 1 aromatic heterocycles. The van der Waals surface area contributed by atoms with Crippen LogP contribution in [0.2, 0.25) is 0 Å². The van der Waals surface area contributed by atoms with E-state index < -0.39 is 10.0 Å². The lowest BCUT2D eigenvalue weighted by atomic mass is 10.2. The van der Waals surface area contributed by atoms with E-state index in [1.54, 1.807) is 18.3 Å². The summed E-state index contributed by atoms with van der Waals surface area (Å²) in [7, 11) is -3.49. The molecule has 7 heteroatoms. The Labute approximate surface area is 118 Å². The van der Waals surface area contributed by atoms with Gasteiger partial charge >= 0.3 is 0 Å². The number of halogens is 1. The molecule has 0 unspecified atom stereocenters. The molecule has 4 nitrogen and oxygen atoms in total. The van der Waals surface area contributed by atoms with Crippen LogP contribution in [-0.2, 0) is 16.6 Å². The molecule has 0 saturated carbocycles. The molecule has 0 aliphatic heterocycles. The lowest BCUT2D eigenvalue weighted by molar-refractivity contribution is 0.581. The first kappa shape index (κ1) is 13.7. The first-order valence-electron chi connectivity index (χ1n) is 5.12. The Balaban J connectivity index is 2.20. The van der Waals surface area contributed by atoms with Crippen LogP contribution in [0, 0.1) is 6.92 Å². The maximum atomic E-state index is 12.1. The summed E-state index contributed by atoms with van der Waals surface area (Å²) >= 11 is 4.71.